The Bertz CT molecular complexity index is 2100. The Morgan fingerprint density at radius 3 is 1.31 bits per heavy atom. The van der Waals surface area contributed by atoms with Crippen LogP contribution in [0.1, 0.15) is 342 Å². The first kappa shape index (κ1) is 94.7. The SMILES string of the molecule is CCCCCCCCCCCCCC/C=C\CCCCCCCCCCCC(=O)NC(COC1OC(CO)C(OC2OC(CO)C(O)C(OC3(C(=O)O)CC(O)C(NC(C)=O)C(C(O)C(O)CO)O3)C2O)C(O)C1O)C(O)CCCCCCCCCCCCCCCCCCCCCCCCCC. The number of ether oxygens (including phenoxy) is 6. The van der Waals surface area contributed by atoms with Gasteiger partial charge in [0.25, 0.3) is 5.79 Å². The second kappa shape index (κ2) is 59.4. The molecule has 3 aliphatic heterocycles. The highest BCUT2D eigenvalue weighted by molar-refractivity contribution is 5.77. The van der Waals surface area contributed by atoms with E-state index in [4.69, 9.17) is 28.4 Å². The molecule has 0 spiro atoms. The lowest BCUT2D eigenvalue weighted by atomic mass is 9.88. The molecular weight excluding hydrogens is 1320 g/mol. The molecule has 3 fully saturated rings. The number of amides is 2. The number of allylic oxidation sites excluding steroid dienone is 2. The van der Waals surface area contributed by atoms with E-state index >= 15 is 0 Å². The van der Waals surface area contributed by atoms with Crippen LogP contribution in [0.4, 0.5) is 0 Å². The summed E-state index contributed by atoms with van der Waals surface area (Å²) in [6.45, 7) is 2.27. The number of hydrogen-bond donors (Lipinski definition) is 14. The molecule has 14 N–H and O–H groups in total. The van der Waals surface area contributed by atoms with E-state index in [1.54, 1.807) is 0 Å². The molecule has 18 atom stereocenters. The van der Waals surface area contributed by atoms with Crippen molar-refractivity contribution in [3.8, 4) is 0 Å². The fourth-order valence-electron chi connectivity index (χ4n) is 14.7. The molecule has 0 aromatic carbocycles. The van der Waals surface area contributed by atoms with Crippen LogP contribution in [0.25, 0.3) is 0 Å². The average Bonchev–Trinajstić information content (AvgIpc) is 0.754. The molecule has 0 radical (unpaired) electrons. The fourth-order valence-corrected chi connectivity index (χ4v) is 14.7. The zero-order valence-corrected chi connectivity index (χ0v) is 64.2. The van der Waals surface area contributed by atoms with Gasteiger partial charge in [-0.1, -0.05) is 296 Å². The molecule has 18 unspecified atom stereocenters. The van der Waals surface area contributed by atoms with E-state index < -0.39 is 148 Å². The Morgan fingerprint density at radius 2 is 0.903 bits per heavy atom. The Hall–Kier alpha value is -2.53. The smallest absolute Gasteiger partial charge is 0.364 e. The number of unbranched alkanes of at least 4 members (excludes halogenated alkanes) is 44. The lowest BCUT2D eigenvalue weighted by Gasteiger charge is -2.50. The van der Waals surface area contributed by atoms with Crippen LogP contribution in [-0.2, 0) is 42.8 Å². The van der Waals surface area contributed by atoms with Crippen LogP contribution in [0.5, 0.6) is 0 Å². The molecule has 3 heterocycles. The van der Waals surface area contributed by atoms with E-state index in [1.165, 1.54) is 231 Å². The van der Waals surface area contributed by atoms with Crippen molar-refractivity contribution in [2.75, 3.05) is 26.4 Å². The van der Waals surface area contributed by atoms with Gasteiger partial charge >= 0.3 is 5.97 Å². The lowest BCUT2D eigenvalue weighted by Crippen LogP contribution is -2.70. The van der Waals surface area contributed by atoms with Gasteiger partial charge in [0.1, 0.15) is 67.1 Å². The molecule has 3 aliphatic rings. The Morgan fingerprint density at radius 1 is 0.495 bits per heavy atom. The molecular formula is C80H150N2O21. The van der Waals surface area contributed by atoms with Gasteiger partial charge in [0.05, 0.1) is 50.7 Å². The first-order chi connectivity index (χ1) is 49.9. The summed E-state index contributed by atoms with van der Waals surface area (Å²) in [4.78, 5) is 38.7. The number of nitrogens with one attached hydrogen (secondary N) is 2. The third-order valence-corrected chi connectivity index (χ3v) is 21.2. The first-order valence-electron chi connectivity index (χ1n) is 41.5. The van der Waals surface area contributed by atoms with Gasteiger partial charge in [0.2, 0.25) is 11.8 Å². The predicted octanol–water partition coefficient (Wildman–Crippen LogP) is 11.4. The molecule has 3 rings (SSSR count). The number of carbonyl (C=O) groups excluding carboxylic acids is 2. The largest absolute Gasteiger partial charge is 0.477 e. The molecule has 0 aliphatic carbocycles. The van der Waals surface area contributed by atoms with Gasteiger partial charge in [0.15, 0.2) is 12.6 Å². The number of aliphatic carboxylic acids is 1. The molecule has 0 saturated carbocycles. The van der Waals surface area contributed by atoms with Crippen LogP contribution in [-0.4, -0.2) is 215 Å². The van der Waals surface area contributed by atoms with Gasteiger partial charge in [0, 0.05) is 19.8 Å². The maximum atomic E-state index is 13.6. The summed E-state index contributed by atoms with van der Waals surface area (Å²) in [5, 5.41) is 137. The Kier molecular flexibility index (Phi) is 54.6. The summed E-state index contributed by atoms with van der Waals surface area (Å²) in [6, 6.07) is -2.53. The lowest BCUT2D eigenvalue weighted by molar-refractivity contribution is -0.386. The highest BCUT2D eigenvalue weighted by Gasteiger charge is 2.60. The quantitative estimate of drug-likeness (QED) is 0.0199. The van der Waals surface area contributed by atoms with E-state index in [1.807, 2.05) is 0 Å². The third kappa shape index (κ3) is 39.6. The highest BCUT2D eigenvalue weighted by Crippen LogP contribution is 2.39. The average molecular weight is 1480 g/mol. The van der Waals surface area contributed by atoms with E-state index in [-0.39, 0.29) is 18.9 Å². The molecule has 0 aromatic rings. The van der Waals surface area contributed by atoms with Crippen molar-refractivity contribution in [2.24, 2.45) is 0 Å². The van der Waals surface area contributed by atoms with E-state index in [0.29, 0.717) is 19.3 Å². The zero-order valence-electron chi connectivity index (χ0n) is 64.2. The minimum atomic E-state index is -3.08. The van der Waals surface area contributed by atoms with E-state index in [2.05, 4.69) is 36.6 Å². The summed E-state index contributed by atoms with van der Waals surface area (Å²) < 4.78 is 35.0. The molecule has 23 nitrogen and oxygen atoms in total. The van der Waals surface area contributed by atoms with Crippen molar-refractivity contribution < 1.29 is 104 Å². The molecule has 3 saturated heterocycles. The van der Waals surface area contributed by atoms with Gasteiger partial charge < -0.3 is 100 Å². The molecule has 606 valence electrons. The molecule has 0 bridgehead atoms. The van der Waals surface area contributed by atoms with Crippen molar-refractivity contribution in [3.05, 3.63) is 12.2 Å². The fraction of sp³-hybridized carbons (Fsp3) is 0.938. The van der Waals surface area contributed by atoms with Gasteiger partial charge in [-0.2, -0.15) is 0 Å². The van der Waals surface area contributed by atoms with Gasteiger partial charge in [-0.25, -0.2) is 4.79 Å². The van der Waals surface area contributed by atoms with Crippen molar-refractivity contribution in [1.82, 2.24) is 10.6 Å². The molecule has 103 heavy (non-hydrogen) atoms. The summed E-state index contributed by atoms with van der Waals surface area (Å²) in [5.74, 6) is -6.09. The van der Waals surface area contributed by atoms with Gasteiger partial charge in [-0.05, 0) is 38.5 Å². The number of carboxylic acids is 1. The van der Waals surface area contributed by atoms with Crippen LogP contribution in [0.3, 0.4) is 0 Å². The van der Waals surface area contributed by atoms with E-state index in [9.17, 15) is 75.7 Å². The Labute approximate surface area is 620 Å². The maximum Gasteiger partial charge on any atom is 0.364 e. The van der Waals surface area contributed by atoms with Crippen LogP contribution < -0.4 is 10.6 Å². The summed E-state index contributed by atoms with van der Waals surface area (Å²) >= 11 is 0. The minimum Gasteiger partial charge on any atom is -0.477 e. The second-order valence-electron chi connectivity index (χ2n) is 30.3. The molecule has 23 heteroatoms. The monoisotopic (exact) mass is 1480 g/mol. The van der Waals surface area contributed by atoms with Gasteiger partial charge in [-0.15, -0.1) is 0 Å². The topological polar surface area (TPSA) is 373 Å². The van der Waals surface area contributed by atoms with Crippen molar-refractivity contribution in [1.29, 1.82) is 0 Å². The summed E-state index contributed by atoms with van der Waals surface area (Å²) in [6.07, 6.45) is 34.9. The molecule has 2 amide bonds. The second-order valence-corrected chi connectivity index (χ2v) is 30.3. The number of rotatable bonds is 66. The van der Waals surface area contributed by atoms with Crippen molar-refractivity contribution >= 4 is 17.8 Å². The number of hydrogen-bond acceptors (Lipinski definition) is 20. The predicted molar refractivity (Wildman–Crippen MR) is 398 cm³/mol. The minimum absolute atomic E-state index is 0.224. The number of aliphatic hydroxyl groups is 11. The van der Waals surface area contributed by atoms with Crippen LogP contribution >= 0.6 is 0 Å². The normalized spacial score (nSPS) is 26.5. The van der Waals surface area contributed by atoms with Crippen LogP contribution in [0.15, 0.2) is 12.2 Å². The summed E-state index contributed by atoms with van der Waals surface area (Å²) in [5.41, 5.74) is 0. The van der Waals surface area contributed by atoms with E-state index in [0.717, 1.165) is 64.7 Å². The van der Waals surface area contributed by atoms with Gasteiger partial charge in [-0.3, -0.25) is 9.59 Å². The number of aliphatic hydroxyl groups excluding tert-OH is 11. The Balaban J connectivity index is 1.51. The molecule has 0 aromatic heterocycles. The number of carboxylic acid groups (broad SMARTS) is 1. The highest BCUT2D eigenvalue weighted by atomic mass is 16.8. The standard InChI is InChI=1S/C80H150N2O21/c1-4-6-8-10-12-14-16-18-20-22-24-26-28-30-32-34-36-38-40-42-44-46-48-50-52-54-67(90)82-61(62(87)53-51-49-47-45-43-41-39-37-35-33-31-29-27-25-23-21-19-17-15-13-11-9-7-5-2)59-98-77-72(94)71(93)74(66(58-85)100-77)101-78-73(95)76(70(92)65(57-84)99-78)103-80(79(96)97)55-63(88)68(81-60(3)86)75(102-80)69(91)64(89)56-83/h30,32,61-66,68-78,83-85,87-89,91-95H,4-29,31,33-59H2,1-3H3,(H,81,86)(H,82,90)(H,96,97)/b32-30-. The third-order valence-electron chi connectivity index (χ3n) is 21.2. The first-order valence-corrected chi connectivity index (χ1v) is 41.5. The van der Waals surface area contributed by atoms with Crippen LogP contribution in [0.2, 0.25) is 0 Å². The van der Waals surface area contributed by atoms with Crippen molar-refractivity contribution in [3.63, 3.8) is 0 Å². The summed E-state index contributed by atoms with van der Waals surface area (Å²) in [7, 11) is 0. The maximum absolute atomic E-state index is 13.6. The van der Waals surface area contributed by atoms with Crippen LogP contribution in [0, 0.1) is 0 Å². The zero-order chi connectivity index (χ0) is 75.3. The number of carbonyl (C=O) groups is 3. The van der Waals surface area contributed by atoms with Crippen molar-refractivity contribution in [2.45, 2.75) is 452 Å².